The Morgan fingerprint density at radius 3 is 2.42 bits per heavy atom. The van der Waals surface area contributed by atoms with Gasteiger partial charge in [0, 0.05) is 12.6 Å². The minimum atomic E-state index is -0.616. The van der Waals surface area contributed by atoms with E-state index in [1.54, 1.807) is 11.8 Å². The van der Waals surface area contributed by atoms with Crippen LogP contribution in [0.3, 0.4) is 0 Å². The SMILES string of the molecule is Cc1nnc(CN(C(=O)C(Cl)C(C)C)c2ccccc2C(C)C)o1. The molecule has 5 nitrogen and oxygen atoms in total. The number of alkyl halides is 1. The molecule has 0 saturated heterocycles. The lowest BCUT2D eigenvalue weighted by atomic mass is 9.99. The summed E-state index contributed by atoms with van der Waals surface area (Å²) in [6.07, 6.45) is 0. The molecule has 1 unspecified atom stereocenters. The minimum absolute atomic E-state index is 0.0253. The summed E-state index contributed by atoms with van der Waals surface area (Å²) >= 11 is 6.36. The normalized spacial score (nSPS) is 12.7. The highest BCUT2D eigenvalue weighted by Gasteiger charge is 2.29. The predicted octanol–water partition coefficient (Wildman–Crippen LogP) is 4.30. The van der Waals surface area contributed by atoms with E-state index in [-0.39, 0.29) is 24.3 Å². The zero-order chi connectivity index (χ0) is 17.9. The maximum absolute atomic E-state index is 13.0. The van der Waals surface area contributed by atoms with E-state index in [1.807, 2.05) is 38.1 Å². The molecular weight excluding hydrogens is 326 g/mol. The van der Waals surface area contributed by atoms with Crippen molar-refractivity contribution >= 4 is 23.2 Å². The Morgan fingerprint density at radius 1 is 1.21 bits per heavy atom. The lowest BCUT2D eigenvalue weighted by Crippen LogP contribution is -2.39. The number of benzene rings is 1. The Labute approximate surface area is 148 Å². The zero-order valence-corrected chi connectivity index (χ0v) is 15.5. The number of amides is 1. The Kier molecular flexibility index (Phi) is 5.99. The Hall–Kier alpha value is -1.88. The fourth-order valence-electron chi connectivity index (χ4n) is 2.47. The van der Waals surface area contributed by atoms with Crippen molar-refractivity contribution in [3.63, 3.8) is 0 Å². The first-order valence-corrected chi connectivity index (χ1v) is 8.58. The standard InChI is InChI=1S/C18H24ClN3O2/c1-11(2)14-8-6-7-9-15(14)22(18(23)17(19)12(3)4)10-16-21-20-13(5)24-16/h6-9,11-12,17H,10H2,1-5H3. The first-order valence-electron chi connectivity index (χ1n) is 8.14. The summed E-state index contributed by atoms with van der Waals surface area (Å²) in [7, 11) is 0. The molecule has 130 valence electrons. The third kappa shape index (κ3) is 4.15. The van der Waals surface area contributed by atoms with Crippen LogP contribution in [0.4, 0.5) is 5.69 Å². The van der Waals surface area contributed by atoms with Crippen LogP contribution in [0.15, 0.2) is 28.7 Å². The quantitative estimate of drug-likeness (QED) is 0.729. The minimum Gasteiger partial charge on any atom is -0.424 e. The average molecular weight is 350 g/mol. The van der Waals surface area contributed by atoms with Gasteiger partial charge in [-0.1, -0.05) is 45.9 Å². The first kappa shape index (κ1) is 18.5. The number of aromatic nitrogens is 2. The van der Waals surface area contributed by atoms with Gasteiger partial charge in [0.05, 0.1) is 0 Å². The van der Waals surface area contributed by atoms with Gasteiger partial charge in [0.1, 0.15) is 11.9 Å². The van der Waals surface area contributed by atoms with Gasteiger partial charge in [0.15, 0.2) is 0 Å². The molecule has 0 spiro atoms. The molecule has 0 aliphatic heterocycles. The maximum Gasteiger partial charge on any atom is 0.245 e. The molecule has 0 aliphatic carbocycles. The van der Waals surface area contributed by atoms with Crippen LogP contribution in [0, 0.1) is 12.8 Å². The predicted molar refractivity (Wildman–Crippen MR) is 95.2 cm³/mol. The number of hydrogen-bond donors (Lipinski definition) is 0. The number of aryl methyl sites for hydroxylation is 1. The van der Waals surface area contributed by atoms with Gasteiger partial charge in [-0.15, -0.1) is 21.8 Å². The van der Waals surface area contributed by atoms with Gasteiger partial charge in [-0.3, -0.25) is 4.79 Å². The molecule has 0 fully saturated rings. The highest BCUT2D eigenvalue weighted by molar-refractivity contribution is 6.33. The number of nitrogens with zero attached hydrogens (tertiary/aromatic N) is 3. The number of carbonyl (C=O) groups excluding carboxylic acids is 1. The van der Waals surface area contributed by atoms with Crippen molar-refractivity contribution in [1.29, 1.82) is 0 Å². The van der Waals surface area contributed by atoms with Crippen molar-refractivity contribution in [1.82, 2.24) is 10.2 Å². The van der Waals surface area contributed by atoms with Crippen LogP contribution in [0.2, 0.25) is 0 Å². The number of anilines is 1. The first-order chi connectivity index (χ1) is 11.3. The Morgan fingerprint density at radius 2 is 1.88 bits per heavy atom. The summed E-state index contributed by atoms with van der Waals surface area (Å²) in [6, 6.07) is 7.84. The smallest absolute Gasteiger partial charge is 0.245 e. The van der Waals surface area contributed by atoms with Crippen LogP contribution >= 0.6 is 11.6 Å². The summed E-state index contributed by atoms with van der Waals surface area (Å²) in [5.41, 5.74) is 1.91. The molecule has 6 heteroatoms. The molecule has 1 amide bonds. The highest BCUT2D eigenvalue weighted by Crippen LogP contribution is 2.30. The Balaban J connectivity index is 2.44. The molecule has 0 bridgehead atoms. The summed E-state index contributed by atoms with van der Waals surface area (Å²) < 4.78 is 5.47. The average Bonchev–Trinajstić information content (AvgIpc) is 2.96. The molecule has 1 heterocycles. The van der Waals surface area contributed by atoms with Gasteiger partial charge in [0.25, 0.3) is 0 Å². The number of rotatable bonds is 6. The number of para-hydroxylation sites is 1. The largest absolute Gasteiger partial charge is 0.424 e. The molecule has 2 rings (SSSR count). The van der Waals surface area contributed by atoms with E-state index in [0.29, 0.717) is 11.8 Å². The molecule has 24 heavy (non-hydrogen) atoms. The number of hydrogen-bond acceptors (Lipinski definition) is 4. The van der Waals surface area contributed by atoms with Crippen LogP contribution in [-0.2, 0) is 11.3 Å². The molecule has 0 saturated carbocycles. The molecule has 1 aromatic carbocycles. The topological polar surface area (TPSA) is 59.2 Å². The highest BCUT2D eigenvalue weighted by atomic mass is 35.5. The molecule has 0 aliphatic rings. The molecule has 1 aromatic heterocycles. The maximum atomic E-state index is 13.0. The second kappa shape index (κ2) is 7.79. The van der Waals surface area contributed by atoms with E-state index in [0.717, 1.165) is 11.3 Å². The van der Waals surface area contributed by atoms with Crippen LogP contribution in [-0.4, -0.2) is 21.5 Å². The van der Waals surface area contributed by atoms with Gasteiger partial charge < -0.3 is 9.32 Å². The Bertz CT molecular complexity index is 697. The van der Waals surface area contributed by atoms with Crippen LogP contribution in [0.1, 0.15) is 51.0 Å². The second-order valence-corrected chi connectivity index (χ2v) is 6.97. The summed E-state index contributed by atoms with van der Waals surface area (Å²) in [4.78, 5) is 14.6. The third-order valence-electron chi connectivity index (χ3n) is 3.80. The van der Waals surface area contributed by atoms with Gasteiger partial charge in [-0.25, -0.2) is 0 Å². The number of halogens is 1. The van der Waals surface area contributed by atoms with Gasteiger partial charge in [-0.2, -0.15) is 0 Å². The van der Waals surface area contributed by atoms with Crippen molar-refractivity contribution in [2.24, 2.45) is 5.92 Å². The fraction of sp³-hybridized carbons (Fsp3) is 0.500. The molecule has 0 N–H and O–H groups in total. The van der Waals surface area contributed by atoms with E-state index >= 15 is 0 Å². The van der Waals surface area contributed by atoms with E-state index in [2.05, 4.69) is 24.0 Å². The van der Waals surface area contributed by atoms with E-state index in [1.165, 1.54) is 0 Å². The van der Waals surface area contributed by atoms with E-state index in [4.69, 9.17) is 16.0 Å². The second-order valence-electron chi connectivity index (χ2n) is 6.50. The third-order valence-corrected chi connectivity index (χ3v) is 4.49. The monoisotopic (exact) mass is 349 g/mol. The van der Waals surface area contributed by atoms with Crippen molar-refractivity contribution in [2.45, 2.75) is 52.5 Å². The summed E-state index contributed by atoms with van der Waals surface area (Å²) in [5.74, 6) is 1.01. The van der Waals surface area contributed by atoms with Crippen LogP contribution in [0.25, 0.3) is 0 Å². The van der Waals surface area contributed by atoms with Gasteiger partial charge in [0.2, 0.25) is 17.7 Å². The van der Waals surface area contributed by atoms with Crippen LogP contribution < -0.4 is 4.90 Å². The molecule has 1 atom stereocenters. The van der Waals surface area contributed by atoms with Gasteiger partial charge in [-0.05, 0) is 23.5 Å². The van der Waals surface area contributed by atoms with E-state index < -0.39 is 5.38 Å². The number of carbonyl (C=O) groups is 1. The molecule has 2 aromatic rings. The summed E-state index contributed by atoms with van der Waals surface area (Å²) in [5, 5.41) is 7.24. The van der Waals surface area contributed by atoms with Crippen molar-refractivity contribution in [2.75, 3.05) is 4.90 Å². The lowest BCUT2D eigenvalue weighted by molar-refractivity contribution is -0.119. The summed E-state index contributed by atoms with van der Waals surface area (Å²) in [6.45, 7) is 9.98. The van der Waals surface area contributed by atoms with E-state index in [9.17, 15) is 4.79 Å². The van der Waals surface area contributed by atoms with Crippen LogP contribution in [0.5, 0.6) is 0 Å². The van der Waals surface area contributed by atoms with Gasteiger partial charge >= 0.3 is 0 Å². The van der Waals surface area contributed by atoms with Crippen molar-refractivity contribution in [3.8, 4) is 0 Å². The lowest BCUT2D eigenvalue weighted by Gasteiger charge is -2.28. The molecular formula is C18H24ClN3O2. The molecule has 0 radical (unpaired) electrons. The van der Waals surface area contributed by atoms with Crippen molar-refractivity contribution < 1.29 is 9.21 Å². The van der Waals surface area contributed by atoms with Crippen molar-refractivity contribution in [3.05, 3.63) is 41.6 Å². The fourth-order valence-corrected chi connectivity index (χ4v) is 2.59. The zero-order valence-electron chi connectivity index (χ0n) is 14.8.